The van der Waals surface area contributed by atoms with Crippen LogP contribution in [0.15, 0.2) is 72.8 Å². The Bertz CT molecular complexity index is 1150. The molecular formula is C26H24ClNO5. The Hall–Kier alpha value is -3.51. The van der Waals surface area contributed by atoms with Crippen LogP contribution in [-0.4, -0.2) is 35.0 Å². The summed E-state index contributed by atoms with van der Waals surface area (Å²) in [5.41, 5.74) is 2.05. The molecule has 1 saturated heterocycles. The Morgan fingerprint density at radius 1 is 0.970 bits per heavy atom. The first kappa shape index (κ1) is 22.7. The van der Waals surface area contributed by atoms with Crippen molar-refractivity contribution < 1.29 is 24.2 Å². The van der Waals surface area contributed by atoms with E-state index in [9.17, 15) is 14.7 Å². The van der Waals surface area contributed by atoms with Crippen molar-refractivity contribution in [3.8, 4) is 11.5 Å². The van der Waals surface area contributed by atoms with Crippen molar-refractivity contribution in [3.63, 3.8) is 0 Å². The molecule has 4 rings (SSSR count). The summed E-state index contributed by atoms with van der Waals surface area (Å²) in [7, 11) is 1.58. The number of carboxylic acids is 1. The summed E-state index contributed by atoms with van der Waals surface area (Å²) in [6, 6.07) is 20.4. The van der Waals surface area contributed by atoms with Crippen molar-refractivity contribution in [3.05, 3.63) is 94.5 Å². The SMILES string of the molecule is COc1ccccc1OCc1ccc(C(=O)N2[C@@H](c3ccccc3Cl)CC[C@H]2C(=O)O)cc1. The van der Waals surface area contributed by atoms with E-state index in [1.54, 1.807) is 37.4 Å². The van der Waals surface area contributed by atoms with Crippen molar-refractivity contribution in [1.82, 2.24) is 4.90 Å². The average Bonchev–Trinajstić information content (AvgIpc) is 3.28. The molecule has 1 amide bonds. The van der Waals surface area contributed by atoms with Crippen LogP contribution in [-0.2, 0) is 11.4 Å². The normalized spacial score (nSPS) is 17.6. The molecule has 0 bridgehead atoms. The predicted octanol–water partition coefficient (Wildman–Crippen LogP) is 5.36. The first-order valence-corrected chi connectivity index (χ1v) is 11.0. The molecule has 7 heteroatoms. The van der Waals surface area contributed by atoms with Gasteiger partial charge < -0.3 is 19.5 Å². The van der Waals surface area contributed by atoms with Gasteiger partial charge in [-0.1, -0.05) is 54.1 Å². The second-order valence-electron chi connectivity index (χ2n) is 7.82. The fourth-order valence-electron chi connectivity index (χ4n) is 4.18. The Labute approximate surface area is 197 Å². The number of hydrogen-bond acceptors (Lipinski definition) is 4. The quantitative estimate of drug-likeness (QED) is 0.508. The number of ether oxygens (including phenoxy) is 2. The van der Waals surface area contributed by atoms with Crippen molar-refractivity contribution in [2.24, 2.45) is 0 Å². The van der Waals surface area contributed by atoms with Crippen molar-refractivity contribution in [2.75, 3.05) is 7.11 Å². The van der Waals surface area contributed by atoms with Gasteiger partial charge in [-0.15, -0.1) is 0 Å². The smallest absolute Gasteiger partial charge is 0.326 e. The lowest BCUT2D eigenvalue weighted by Crippen LogP contribution is -2.41. The van der Waals surface area contributed by atoms with Crippen LogP contribution >= 0.6 is 11.6 Å². The van der Waals surface area contributed by atoms with Crippen molar-refractivity contribution in [2.45, 2.75) is 31.5 Å². The van der Waals surface area contributed by atoms with Gasteiger partial charge in [0, 0.05) is 10.6 Å². The molecule has 2 atom stereocenters. The monoisotopic (exact) mass is 465 g/mol. The van der Waals surface area contributed by atoms with Gasteiger partial charge in [0.15, 0.2) is 11.5 Å². The minimum absolute atomic E-state index is 0.304. The zero-order valence-corrected chi connectivity index (χ0v) is 18.9. The standard InChI is InChI=1S/C26H24ClNO5/c1-32-23-8-4-5-9-24(23)33-16-17-10-12-18(13-11-17)25(29)28-21(14-15-22(28)26(30)31)19-6-2-3-7-20(19)27/h2-13,21-22H,14-16H2,1H3,(H,30,31)/t21-,22+/m1/s1. The maximum atomic E-state index is 13.4. The number of halogens is 1. The Kier molecular flexibility index (Phi) is 6.84. The Morgan fingerprint density at radius 3 is 2.30 bits per heavy atom. The van der Waals surface area contributed by atoms with E-state index >= 15 is 0 Å². The number of nitrogens with zero attached hydrogens (tertiary/aromatic N) is 1. The largest absolute Gasteiger partial charge is 0.493 e. The second kappa shape index (κ2) is 9.96. The summed E-state index contributed by atoms with van der Waals surface area (Å²) < 4.78 is 11.1. The highest BCUT2D eigenvalue weighted by atomic mass is 35.5. The molecule has 1 aliphatic rings. The van der Waals surface area contributed by atoms with Gasteiger partial charge >= 0.3 is 5.97 Å². The van der Waals surface area contributed by atoms with E-state index in [0.29, 0.717) is 41.5 Å². The minimum atomic E-state index is -1.01. The number of methoxy groups -OCH3 is 1. The lowest BCUT2D eigenvalue weighted by atomic mass is 10.0. The summed E-state index contributed by atoms with van der Waals surface area (Å²) in [5, 5.41) is 10.2. The van der Waals surface area contributed by atoms with Crippen LogP contribution in [0.5, 0.6) is 11.5 Å². The molecule has 1 N–H and O–H groups in total. The molecule has 3 aromatic carbocycles. The van der Waals surface area contributed by atoms with E-state index in [4.69, 9.17) is 21.1 Å². The molecule has 1 fully saturated rings. The fourth-order valence-corrected chi connectivity index (χ4v) is 4.44. The van der Waals surface area contributed by atoms with Gasteiger partial charge in [0.25, 0.3) is 5.91 Å². The van der Waals surface area contributed by atoms with Gasteiger partial charge in [-0.2, -0.15) is 0 Å². The summed E-state index contributed by atoms with van der Waals surface area (Å²) in [5.74, 6) is -0.0745. The van der Waals surface area contributed by atoms with E-state index in [-0.39, 0.29) is 11.9 Å². The topological polar surface area (TPSA) is 76.1 Å². The molecule has 0 aliphatic carbocycles. The molecular weight excluding hydrogens is 442 g/mol. The number of benzene rings is 3. The van der Waals surface area contributed by atoms with E-state index in [2.05, 4.69) is 0 Å². The number of aliphatic carboxylic acids is 1. The van der Waals surface area contributed by atoms with Gasteiger partial charge in [-0.3, -0.25) is 4.79 Å². The van der Waals surface area contributed by atoms with E-state index in [0.717, 1.165) is 11.1 Å². The van der Waals surface area contributed by atoms with Crippen LogP contribution in [0.25, 0.3) is 0 Å². The van der Waals surface area contributed by atoms with Gasteiger partial charge in [-0.25, -0.2) is 4.79 Å². The minimum Gasteiger partial charge on any atom is -0.493 e. The van der Waals surface area contributed by atoms with Gasteiger partial charge in [0.2, 0.25) is 0 Å². The zero-order valence-electron chi connectivity index (χ0n) is 18.1. The number of rotatable bonds is 7. The number of hydrogen-bond donors (Lipinski definition) is 1. The third kappa shape index (κ3) is 4.81. The molecule has 0 aromatic heterocycles. The van der Waals surface area contributed by atoms with Gasteiger partial charge in [-0.05, 0) is 54.3 Å². The van der Waals surface area contributed by atoms with Crippen molar-refractivity contribution >= 4 is 23.5 Å². The first-order chi connectivity index (χ1) is 16.0. The first-order valence-electron chi connectivity index (χ1n) is 10.6. The number of carbonyl (C=O) groups is 2. The molecule has 0 spiro atoms. The van der Waals surface area contributed by atoms with E-state index in [1.807, 2.05) is 42.5 Å². The number of amides is 1. The van der Waals surface area contributed by atoms with Crippen LogP contribution in [0.1, 0.15) is 40.4 Å². The molecule has 1 aliphatic heterocycles. The number of para-hydroxylation sites is 2. The van der Waals surface area contributed by atoms with Crippen LogP contribution in [0.2, 0.25) is 5.02 Å². The molecule has 0 unspecified atom stereocenters. The molecule has 3 aromatic rings. The number of carboxylic acid groups (broad SMARTS) is 1. The molecule has 170 valence electrons. The lowest BCUT2D eigenvalue weighted by molar-refractivity contribution is -0.141. The highest BCUT2D eigenvalue weighted by molar-refractivity contribution is 6.31. The molecule has 1 heterocycles. The van der Waals surface area contributed by atoms with Crippen LogP contribution in [0.3, 0.4) is 0 Å². The zero-order chi connectivity index (χ0) is 23.4. The average molecular weight is 466 g/mol. The van der Waals surface area contributed by atoms with Gasteiger partial charge in [0.05, 0.1) is 13.2 Å². The second-order valence-corrected chi connectivity index (χ2v) is 8.22. The number of likely N-dealkylation sites (tertiary alicyclic amines) is 1. The van der Waals surface area contributed by atoms with E-state index in [1.165, 1.54) is 4.90 Å². The fraction of sp³-hybridized carbons (Fsp3) is 0.231. The van der Waals surface area contributed by atoms with Crippen LogP contribution < -0.4 is 9.47 Å². The van der Waals surface area contributed by atoms with Crippen LogP contribution in [0, 0.1) is 0 Å². The molecule has 0 saturated carbocycles. The predicted molar refractivity (Wildman–Crippen MR) is 125 cm³/mol. The molecule has 0 radical (unpaired) electrons. The van der Waals surface area contributed by atoms with E-state index < -0.39 is 12.0 Å². The Balaban J connectivity index is 1.53. The van der Waals surface area contributed by atoms with Gasteiger partial charge in [0.1, 0.15) is 12.6 Å². The third-order valence-corrected chi connectivity index (χ3v) is 6.18. The summed E-state index contributed by atoms with van der Waals surface area (Å²) in [4.78, 5) is 26.7. The number of carbonyl (C=O) groups excluding carboxylic acids is 1. The third-order valence-electron chi connectivity index (χ3n) is 5.83. The maximum absolute atomic E-state index is 13.4. The lowest BCUT2D eigenvalue weighted by Gasteiger charge is -2.29. The summed E-state index contributed by atoms with van der Waals surface area (Å²) in [6.45, 7) is 0.304. The van der Waals surface area contributed by atoms with Crippen molar-refractivity contribution in [1.29, 1.82) is 0 Å². The van der Waals surface area contributed by atoms with Crippen LogP contribution in [0.4, 0.5) is 0 Å². The molecule has 6 nitrogen and oxygen atoms in total. The molecule has 33 heavy (non-hydrogen) atoms. The highest BCUT2D eigenvalue weighted by Crippen LogP contribution is 2.40. The maximum Gasteiger partial charge on any atom is 0.326 e. The summed E-state index contributed by atoms with van der Waals surface area (Å²) in [6.07, 6.45) is 0.916. The Morgan fingerprint density at radius 2 is 1.64 bits per heavy atom. The summed E-state index contributed by atoms with van der Waals surface area (Å²) >= 11 is 6.37. The highest BCUT2D eigenvalue weighted by Gasteiger charge is 2.42.